The minimum absolute atomic E-state index is 0.215. The van der Waals surface area contributed by atoms with Gasteiger partial charge in [0.05, 0.1) is 19.1 Å². The maximum absolute atomic E-state index is 12.1. The monoisotopic (exact) mass is 278 g/mol. The first kappa shape index (κ1) is 16.2. The lowest BCUT2D eigenvalue weighted by Crippen LogP contribution is -2.18. The van der Waals surface area contributed by atoms with Crippen LogP contribution in [-0.2, 0) is 19.1 Å². The minimum atomic E-state index is -0.377. The fourth-order valence-corrected chi connectivity index (χ4v) is 1.97. The lowest BCUT2D eigenvalue weighted by molar-refractivity contribution is -0.146. The number of esters is 1. The van der Waals surface area contributed by atoms with E-state index in [4.69, 9.17) is 9.47 Å². The molecule has 1 atom stereocenters. The molecule has 0 fully saturated rings. The molecule has 0 bridgehead atoms. The van der Waals surface area contributed by atoms with E-state index in [1.807, 2.05) is 30.3 Å². The Bertz CT molecular complexity index is 389. The molecule has 0 aromatic heterocycles. The Morgan fingerprint density at radius 3 is 2.60 bits per heavy atom. The van der Waals surface area contributed by atoms with Crippen molar-refractivity contribution in [1.82, 2.24) is 0 Å². The molecule has 0 N–H and O–H groups in total. The molecule has 20 heavy (non-hydrogen) atoms. The van der Waals surface area contributed by atoms with Gasteiger partial charge in [-0.25, -0.2) is 0 Å². The number of hydrogen-bond acceptors (Lipinski definition) is 4. The summed E-state index contributed by atoms with van der Waals surface area (Å²) in [5, 5.41) is 0. The van der Waals surface area contributed by atoms with Gasteiger partial charge in [-0.2, -0.15) is 0 Å². The largest absolute Gasteiger partial charge is 0.468 e. The van der Waals surface area contributed by atoms with Crippen molar-refractivity contribution in [3.05, 3.63) is 35.9 Å². The van der Waals surface area contributed by atoms with Crippen molar-refractivity contribution in [3.8, 4) is 0 Å². The summed E-state index contributed by atoms with van der Waals surface area (Å²) in [4.78, 5) is 22.3. The molecule has 0 saturated heterocycles. The normalized spacial score (nSPS) is 11.7. The third-order valence-corrected chi connectivity index (χ3v) is 3.07. The Hall–Kier alpha value is -1.84. The SMILES string of the molecule is CCCCCOC(=O)C(CCOC=O)c1ccccc1. The molecule has 0 saturated carbocycles. The van der Waals surface area contributed by atoms with E-state index in [-0.39, 0.29) is 18.5 Å². The highest BCUT2D eigenvalue weighted by Gasteiger charge is 2.21. The lowest BCUT2D eigenvalue weighted by atomic mass is 9.96. The van der Waals surface area contributed by atoms with E-state index in [1.54, 1.807) is 0 Å². The molecule has 0 spiro atoms. The summed E-state index contributed by atoms with van der Waals surface area (Å²) >= 11 is 0. The van der Waals surface area contributed by atoms with Crippen LogP contribution in [-0.4, -0.2) is 25.7 Å². The van der Waals surface area contributed by atoms with Crippen LogP contribution < -0.4 is 0 Å². The van der Waals surface area contributed by atoms with Crippen LogP contribution in [0.25, 0.3) is 0 Å². The summed E-state index contributed by atoms with van der Waals surface area (Å²) in [7, 11) is 0. The summed E-state index contributed by atoms with van der Waals surface area (Å²) in [5.41, 5.74) is 0.891. The molecule has 110 valence electrons. The Morgan fingerprint density at radius 1 is 1.20 bits per heavy atom. The predicted molar refractivity (Wildman–Crippen MR) is 76.3 cm³/mol. The van der Waals surface area contributed by atoms with Gasteiger partial charge in [-0.05, 0) is 18.4 Å². The molecule has 0 radical (unpaired) electrons. The maximum atomic E-state index is 12.1. The Kier molecular flexibility index (Phi) is 8.11. The van der Waals surface area contributed by atoms with Crippen molar-refractivity contribution in [2.45, 2.75) is 38.5 Å². The highest BCUT2D eigenvalue weighted by molar-refractivity contribution is 5.78. The number of carbonyl (C=O) groups excluding carboxylic acids is 2. The molecular weight excluding hydrogens is 256 g/mol. The van der Waals surface area contributed by atoms with Gasteiger partial charge in [0.25, 0.3) is 6.47 Å². The number of ether oxygens (including phenoxy) is 2. The Morgan fingerprint density at radius 2 is 1.95 bits per heavy atom. The third-order valence-electron chi connectivity index (χ3n) is 3.07. The van der Waals surface area contributed by atoms with Crippen LogP contribution in [0.2, 0.25) is 0 Å². The highest BCUT2D eigenvalue weighted by Crippen LogP contribution is 2.21. The molecule has 0 heterocycles. The van der Waals surface area contributed by atoms with Crippen LogP contribution in [0, 0.1) is 0 Å². The van der Waals surface area contributed by atoms with Gasteiger partial charge >= 0.3 is 5.97 Å². The van der Waals surface area contributed by atoms with Gasteiger partial charge in [-0.1, -0.05) is 50.1 Å². The lowest BCUT2D eigenvalue weighted by Gasteiger charge is -2.16. The number of rotatable bonds is 10. The second-order valence-electron chi connectivity index (χ2n) is 4.59. The summed E-state index contributed by atoms with van der Waals surface area (Å²) in [5.74, 6) is -0.625. The van der Waals surface area contributed by atoms with Gasteiger partial charge in [-0.3, -0.25) is 9.59 Å². The Balaban J connectivity index is 2.57. The average Bonchev–Trinajstić information content (AvgIpc) is 2.49. The van der Waals surface area contributed by atoms with Crippen LogP contribution in [0.1, 0.15) is 44.1 Å². The van der Waals surface area contributed by atoms with Crippen LogP contribution >= 0.6 is 0 Å². The van der Waals surface area contributed by atoms with E-state index in [0.29, 0.717) is 19.5 Å². The van der Waals surface area contributed by atoms with E-state index in [1.165, 1.54) is 0 Å². The first-order valence-electron chi connectivity index (χ1n) is 7.06. The molecule has 0 aliphatic rings. The second kappa shape index (κ2) is 10.0. The molecule has 4 nitrogen and oxygen atoms in total. The van der Waals surface area contributed by atoms with E-state index in [2.05, 4.69) is 6.92 Å². The Labute approximate surface area is 120 Å². The van der Waals surface area contributed by atoms with Crippen molar-refractivity contribution in [1.29, 1.82) is 0 Å². The van der Waals surface area contributed by atoms with Crippen LogP contribution in [0.5, 0.6) is 0 Å². The molecule has 4 heteroatoms. The van der Waals surface area contributed by atoms with Gasteiger partial charge in [0, 0.05) is 0 Å². The fourth-order valence-electron chi connectivity index (χ4n) is 1.97. The van der Waals surface area contributed by atoms with E-state index in [9.17, 15) is 9.59 Å². The van der Waals surface area contributed by atoms with E-state index in [0.717, 1.165) is 24.8 Å². The molecule has 0 aliphatic heterocycles. The van der Waals surface area contributed by atoms with Crippen molar-refractivity contribution in [2.75, 3.05) is 13.2 Å². The molecule has 1 aromatic rings. The number of carbonyl (C=O) groups is 2. The van der Waals surface area contributed by atoms with Gasteiger partial charge in [-0.15, -0.1) is 0 Å². The summed E-state index contributed by atoms with van der Waals surface area (Å²) < 4.78 is 10.00. The van der Waals surface area contributed by atoms with Crippen molar-refractivity contribution in [2.24, 2.45) is 0 Å². The van der Waals surface area contributed by atoms with Gasteiger partial charge in [0.15, 0.2) is 0 Å². The van der Waals surface area contributed by atoms with Crippen molar-refractivity contribution in [3.63, 3.8) is 0 Å². The summed E-state index contributed by atoms with van der Waals surface area (Å²) in [6, 6.07) is 9.44. The zero-order valence-corrected chi connectivity index (χ0v) is 11.9. The first-order chi connectivity index (χ1) is 9.79. The molecule has 1 aromatic carbocycles. The van der Waals surface area contributed by atoms with Gasteiger partial charge in [0.2, 0.25) is 0 Å². The number of hydrogen-bond donors (Lipinski definition) is 0. The van der Waals surface area contributed by atoms with Crippen molar-refractivity contribution < 1.29 is 19.1 Å². The topological polar surface area (TPSA) is 52.6 Å². The second-order valence-corrected chi connectivity index (χ2v) is 4.59. The summed E-state index contributed by atoms with van der Waals surface area (Å²) in [6.07, 6.45) is 3.47. The maximum Gasteiger partial charge on any atom is 0.313 e. The van der Waals surface area contributed by atoms with Crippen LogP contribution in [0.15, 0.2) is 30.3 Å². The average molecular weight is 278 g/mol. The standard InChI is InChI=1S/C16H22O4/c1-2-3-7-11-20-16(18)15(10-12-19-13-17)14-8-5-4-6-9-14/h4-6,8-9,13,15H,2-3,7,10-12H2,1H3. The number of benzene rings is 1. The molecule has 1 rings (SSSR count). The summed E-state index contributed by atoms with van der Waals surface area (Å²) in [6.45, 7) is 3.16. The van der Waals surface area contributed by atoms with Gasteiger partial charge < -0.3 is 9.47 Å². The quantitative estimate of drug-likeness (QED) is 0.375. The van der Waals surface area contributed by atoms with Crippen molar-refractivity contribution >= 4 is 12.4 Å². The van der Waals surface area contributed by atoms with Crippen LogP contribution in [0.4, 0.5) is 0 Å². The molecule has 0 amide bonds. The molecule has 1 unspecified atom stereocenters. The minimum Gasteiger partial charge on any atom is -0.468 e. The predicted octanol–water partition coefficient (Wildman–Crippen LogP) is 3.07. The van der Waals surface area contributed by atoms with E-state index < -0.39 is 0 Å². The number of unbranched alkanes of at least 4 members (excludes halogenated alkanes) is 2. The fraction of sp³-hybridized carbons (Fsp3) is 0.500. The van der Waals surface area contributed by atoms with Gasteiger partial charge in [0.1, 0.15) is 0 Å². The molecular formula is C16H22O4. The zero-order chi connectivity index (χ0) is 14.6. The zero-order valence-electron chi connectivity index (χ0n) is 11.9. The first-order valence-corrected chi connectivity index (χ1v) is 7.06. The van der Waals surface area contributed by atoms with Crippen LogP contribution in [0.3, 0.4) is 0 Å². The van der Waals surface area contributed by atoms with E-state index >= 15 is 0 Å². The smallest absolute Gasteiger partial charge is 0.313 e. The third kappa shape index (κ3) is 5.87. The highest BCUT2D eigenvalue weighted by atomic mass is 16.5. The molecule has 0 aliphatic carbocycles.